The molecule has 1 heterocycles. The van der Waals surface area contributed by atoms with Crippen molar-refractivity contribution in [1.82, 2.24) is 10.6 Å². The zero-order valence-electron chi connectivity index (χ0n) is 16.1. The predicted octanol–water partition coefficient (Wildman–Crippen LogP) is 3.96. The Labute approximate surface area is 170 Å². The van der Waals surface area contributed by atoms with Gasteiger partial charge < -0.3 is 20.5 Å². The number of hydrogen-bond donors (Lipinski definition) is 3. The van der Waals surface area contributed by atoms with Crippen LogP contribution in [0.4, 0.5) is 0 Å². The van der Waals surface area contributed by atoms with Crippen molar-refractivity contribution in [3.63, 3.8) is 0 Å². The number of nitrogens with one attached hydrogen (secondary N) is 2. The number of rotatable bonds is 9. The Bertz CT molecular complexity index is 847. The van der Waals surface area contributed by atoms with Crippen LogP contribution in [0, 0.1) is 0 Å². The summed E-state index contributed by atoms with van der Waals surface area (Å²) < 4.78 is 6.88. The normalized spacial score (nSPS) is 12.7. The minimum atomic E-state index is -0.560. The van der Waals surface area contributed by atoms with E-state index in [9.17, 15) is 5.11 Å². The third kappa shape index (κ3) is 5.97. The van der Waals surface area contributed by atoms with Crippen LogP contribution in [-0.2, 0) is 0 Å². The molecule has 148 valence electrons. The second-order valence-corrected chi connectivity index (χ2v) is 7.57. The first-order valence-corrected chi connectivity index (χ1v) is 10.4. The van der Waals surface area contributed by atoms with Gasteiger partial charge in [-0.1, -0.05) is 36.4 Å². The molecule has 1 aromatic heterocycles. The van der Waals surface area contributed by atoms with Crippen LogP contribution in [0.1, 0.15) is 23.8 Å². The molecule has 0 saturated carbocycles. The van der Waals surface area contributed by atoms with Crippen LogP contribution in [0.3, 0.4) is 0 Å². The number of para-hydroxylation sites is 1. The van der Waals surface area contributed by atoms with Gasteiger partial charge in [-0.3, -0.25) is 4.99 Å². The molecule has 1 atom stereocenters. The summed E-state index contributed by atoms with van der Waals surface area (Å²) in [5.74, 6) is 1.60. The molecule has 5 nitrogen and oxygen atoms in total. The van der Waals surface area contributed by atoms with Gasteiger partial charge in [0.1, 0.15) is 11.9 Å². The highest BCUT2D eigenvalue weighted by atomic mass is 32.1. The highest BCUT2D eigenvalue weighted by Crippen LogP contribution is 2.29. The fourth-order valence-corrected chi connectivity index (χ4v) is 3.87. The number of unbranched alkanes of at least 4 members (excludes halogenated alkanes) is 1. The summed E-state index contributed by atoms with van der Waals surface area (Å²) in [5, 5.41) is 18.1. The molecule has 0 fully saturated rings. The Morgan fingerprint density at radius 1 is 1.07 bits per heavy atom. The number of ether oxygens (including phenoxy) is 1. The lowest BCUT2D eigenvalue weighted by Gasteiger charge is -2.14. The molecule has 0 bridgehead atoms. The molecular weight excluding hydrogens is 370 g/mol. The predicted molar refractivity (Wildman–Crippen MR) is 117 cm³/mol. The number of thiophene rings is 1. The van der Waals surface area contributed by atoms with Crippen LogP contribution in [0.25, 0.3) is 10.1 Å². The Hall–Kier alpha value is -2.57. The zero-order chi connectivity index (χ0) is 19.6. The summed E-state index contributed by atoms with van der Waals surface area (Å²) in [6.45, 7) is 1.92. The second kappa shape index (κ2) is 10.7. The van der Waals surface area contributed by atoms with Crippen molar-refractivity contribution in [1.29, 1.82) is 0 Å². The van der Waals surface area contributed by atoms with Crippen LogP contribution < -0.4 is 15.4 Å². The number of aliphatic imine (C=N–C) groups is 1. The van der Waals surface area contributed by atoms with Gasteiger partial charge in [0, 0.05) is 29.7 Å². The van der Waals surface area contributed by atoms with E-state index in [2.05, 4.69) is 33.8 Å². The number of nitrogens with zero attached hydrogens (tertiary/aromatic N) is 1. The summed E-state index contributed by atoms with van der Waals surface area (Å²) in [4.78, 5) is 5.18. The van der Waals surface area contributed by atoms with Crippen LogP contribution in [0.5, 0.6) is 5.75 Å². The van der Waals surface area contributed by atoms with Gasteiger partial charge in [0.05, 0.1) is 6.61 Å². The quantitative estimate of drug-likeness (QED) is 0.290. The molecule has 0 amide bonds. The van der Waals surface area contributed by atoms with E-state index in [0.717, 1.165) is 30.0 Å². The van der Waals surface area contributed by atoms with Crippen molar-refractivity contribution in [3.05, 3.63) is 65.5 Å². The summed E-state index contributed by atoms with van der Waals surface area (Å²) in [7, 11) is 1.74. The maximum absolute atomic E-state index is 10.5. The van der Waals surface area contributed by atoms with Gasteiger partial charge >= 0.3 is 0 Å². The molecule has 2 aromatic carbocycles. The summed E-state index contributed by atoms with van der Waals surface area (Å²) in [6.07, 6.45) is 1.38. The molecule has 3 N–H and O–H groups in total. The molecule has 0 radical (unpaired) electrons. The smallest absolute Gasteiger partial charge is 0.191 e. The van der Waals surface area contributed by atoms with E-state index in [1.165, 1.54) is 10.1 Å². The number of guanidine groups is 1. The van der Waals surface area contributed by atoms with E-state index in [0.29, 0.717) is 19.1 Å². The van der Waals surface area contributed by atoms with Gasteiger partial charge in [-0.05, 0) is 42.5 Å². The fraction of sp³-hybridized carbons (Fsp3) is 0.318. The molecule has 0 aliphatic heterocycles. The lowest BCUT2D eigenvalue weighted by Crippen LogP contribution is -2.39. The van der Waals surface area contributed by atoms with Crippen LogP contribution in [0.2, 0.25) is 0 Å². The average Bonchev–Trinajstić information content (AvgIpc) is 3.17. The van der Waals surface area contributed by atoms with E-state index < -0.39 is 6.10 Å². The van der Waals surface area contributed by atoms with Crippen molar-refractivity contribution >= 4 is 27.4 Å². The zero-order valence-corrected chi connectivity index (χ0v) is 16.9. The monoisotopic (exact) mass is 397 g/mol. The second-order valence-electron chi connectivity index (χ2n) is 6.45. The molecular formula is C22H27N3O2S. The maximum Gasteiger partial charge on any atom is 0.191 e. The average molecular weight is 398 g/mol. The number of benzene rings is 2. The van der Waals surface area contributed by atoms with E-state index in [4.69, 9.17) is 4.74 Å². The first-order valence-electron chi connectivity index (χ1n) is 9.55. The van der Waals surface area contributed by atoms with E-state index in [-0.39, 0.29) is 0 Å². The van der Waals surface area contributed by atoms with Crippen molar-refractivity contribution in [2.24, 2.45) is 4.99 Å². The van der Waals surface area contributed by atoms with Gasteiger partial charge in [0.15, 0.2) is 5.96 Å². The third-order valence-electron chi connectivity index (χ3n) is 4.33. The number of aliphatic hydroxyl groups excluding tert-OH is 1. The minimum Gasteiger partial charge on any atom is -0.494 e. The summed E-state index contributed by atoms with van der Waals surface area (Å²) >= 11 is 1.63. The topological polar surface area (TPSA) is 65.9 Å². The Kier molecular flexibility index (Phi) is 7.70. The Balaban J connectivity index is 1.34. The van der Waals surface area contributed by atoms with Gasteiger partial charge in [0.2, 0.25) is 0 Å². The summed E-state index contributed by atoms with van der Waals surface area (Å²) in [6, 6.07) is 20.1. The summed E-state index contributed by atoms with van der Waals surface area (Å²) in [5.41, 5.74) is 0. The number of aliphatic hydroxyl groups is 1. The number of hydrogen-bond acceptors (Lipinski definition) is 4. The molecule has 0 spiro atoms. The van der Waals surface area contributed by atoms with Crippen molar-refractivity contribution in [2.45, 2.75) is 18.9 Å². The van der Waals surface area contributed by atoms with Crippen LogP contribution >= 0.6 is 11.3 Å². The van der Waals surface area contributed by atoms with Gasteiger partial charge in [-0.15, -0.1) is 11.3 Å². The van der Waals surface area contributed by atoms with Crippen LogP contribution in [-0.4, -0.2) is 37.8 Å². The molecule has 28 heavy (non-hydrogen) atoms. The first kappa shape index (κ1) is 20.2. The standard InChI is InChI=1S/C22H27N3O2S/c1-23-22(24-13-7-8-14-27-18-10-3-2-4-11-18)25-16-19(26)21-15-17-9-5-6-12-20(17)28-21/h2-6,9-12,15,19,26H,7-8,13-14,16H2,1H3,(H2,23,24,25). The molecule has 0 aliphatic carbocycles. The minimum absolute atomic E-state index is 0.420. The lowest BCUT2D eigenvalue weighted by atomic mass is 10.2. The van der Waals surface area contributed by atoms with E-state index in [1.54, 1.807) is 18.4 Å². The molecule has 3 rings (SSSR count). The van der Waals surface area contributed by atoms with Gasteiger partial charge in [-0.25, -0.2) is 0 Å². The highest BCUT2D eigenvalue weighted by Gasteiger charge is 2.12. The fourth-order valence-electron chi connectivity index (χ4n) is 2.82. The van der Waals surface area contributed by atoms with Crippen LogP contribution in [0.15, 0.2) is 65.7 Å². The molecule has 1 unspecified atom stereocenters. The molecule has 3 aromatic rings. The maximum atomic E-state index is 10.5. The molecule has 6 heteroatoms. The third-order valence-corrected chi connectivity index (χ3v) is 5.55. The largest absolute Gasteiger partial charge is 0.494 e. The Morgan fingerprint density at radius 3 is 2.64 bits per heavy atom. The first-order chi connectivity index (χ1) is 13.8. The van der Waals surface area contributed by atoms with Gasteiger partial charge in [-0.2, -0.15) is 0 Å². The lowest BCUT2D eigenvalue weighted by molar-refractivity contribution is 0.184. The highest BCUT2D eigenvalue weighted by molar-refractivity contribution is 7.19. The number of fused-ring (bicyclic) bond motifs is 1. The SMILES string of the molecule is CN=C(NCCCCOc1ccccc1)NCC(O)c1cc2ccccc2s1. The van der Waals surface area contributed by atoms with Crippen molar-refractivity contribution in [2.75, 3.05) is 26.7 Å². The van der Waals surface area contributed by atoms with Crippen molar-refractivity contribution in [3.8, 4) is 5.75 Å². The van der Waals surface area contributed by atoms with Gasteiger partial charge in [0.25, 0.3) is 0 Å². The van der Waals surface area contributed by atoms with E-state index >= 15 is 0 Å². The van der Waals surface area contributed by atoms with Crippen molar-refractivity contribution < 1.29 is 9.84 Å². The molecule has 0 aliphatic rings. The molecule has 0 saturated heterocycles. The Morgan fingerprint density at radius 2 is 1.86 bits per heavy atom. The van der Waals surface area contributed by atoms with E-state index in [1.807, 2.05) is 42.5 Å².